The summed E-state index contributed by atoms with van der Waals surface area (Å²) < 4.78 is 0. The third-order valence-corrected chi connectivity index (χ3v) is 3.38. The van der Waals surface area contributed by atoms with E-state index in [9.17, 15) is 0 Å². The number of thiophene rings is 1. The fourth-order valence-electron chi connectivity index (χ4n) is 1.69. The Bertz CT molecular complexity index is 487. The second kappa shape index (κ2) is 4.13. The normalized spacial score (nSPS) is 12.7. The first kappa shape index (κ1) is 10.9. The first-order valence-corrected chi connectivity index (χ1v) is 5.89. The standard InChI is InChI=1S/C10H15N5S/c1-5-4-8(7(3)16-5)6(2)12-10-13-9(11)14-15-10/h4,6H,1-3H3,(H4,11,12,13,14,15). The minimum Gasteiger partial charge on any atom is -0.368 e. The van der Waals surface area contributed by atoms with Crippen LogP contribution in [0.5, 0.6) is 0 Å². The van der Waals surface area contributed by atoms with Crippen LogP contribution < -0.4 is 11.1 Å². The van der Waals surface area contributed by atoms with Gasteiger partial charge in [-0.2, -0.15) is 4.98 Å². The predicted molar refractivity (Wildman–Crippen MR) is 66.6 cm³/mol. The van der Waals surface area contributed by atoms with Crippen LogP contribution in [0.2, 0.25) is 0 Å². The second-order valence-electron chi connectivity index (χ2n) is 3.78. The summed E-state index contributed by atoms with van der Waals surface area (Å²) in [6, 6.07) is 2.37. The molecule has 0 bridgehead atoms. The zero-order chi connectivity index (χ0) is 11.7. The third-order valence-electron chi connectivity index (χ3n) is 2.39. The molecule has 0 aliphatic carbocycles. The summed E-state index contributed by atoms with van der Waals surface area (Å²) in [4.78, 5) is 6.65. The fourth-order valence-corrected chi connectivity index (χ4v) is 2.71. The molecule has 1 unspecified atom stereocenters. The molecule has 5 nitrogen and oxygen atoms in total. The highest BCUT2D eigenvalue weighted by atomic mass is 32.1. The molecule has 2 aromatic heterocycles. The zero-order valence-corrected chi connectivity index (χ0v) is 10.4. The molecule has 2 rings (SSSR count). The number of rotatable bonds is 3. The van der Waals surface area contributed by atoms with E-state index >= 15 is 0 Å². The monoisotopic (exact) mass is 237 g/mol. The van der Waals surface area contributed by atoms with Gasteiger partial charge in [-0.05, 0) is 32.4 Å². The molecule has 2 aromatic rings. The molecule has 0 saturated heterocycles. The van der Waals surface area contributed by atoms with Crippen molar-refractivity contribution >= 4 is 23.2 Å². The van der Waals surface area contributed by atoms with E-state index in [2.05, 4.69) is 47.3 Å². The average molecular weight is 237 g/mol. The number of hydrogen-bond donors (Lipinski definition) is 3. The number of nitrogens with zero attached hydrogens (tertiary/aromatic N) is 2. The van der Waals surface area contributed by atoms with E-state index in [4.69, 9.17) is 5.73 Å². The maximum Gasteiger partial charge on any atom is 0.244 e. The van der Waals surface area contributed by atoms with Crippen LogP contribution in [0.4, 0.5) is 11.9 Å². The van der Waals surface area contributed by atoms with Crippen molar-refractivity contribution in [1.82, 2.24) is 15.2 Å². The summed E-state index contributed by atoms with van der Waals surface area (Å²) in [5.41, 5.74) is 6.74. The number of nitrogen functional groups attached to an aromatic ring is 1. The maximum atomic E-state index is 5.46. The van der Waals surface area contributed by atoms with Crippen LogP contribution in [0.1, 0.15) is 28.3 Å². The van der Waals surface area contributed by atoms with Crippen LogP contribution in [0, 0.1) is 13.8 Å². The highest BCUT2D eigenvalue weighted by Crippen LogP contribution is 2.27. The number of aromatic nitrogens is 3. The molecule has 0 fully saturated rings. The number of aromatic amines is 1. The Hall–Kier alpha value is -1.56. The van der Waals surface area contributed by atoms with Crippen molar-refractivity contribution in [2.45, 2.75) is 26.8 Å². The Kier molecular flexibility index (Phi) is 2.82. The van der Waals surface area contributed by atoms with Gasteiger partial charge in [-0.1, -0.05) is 0 Å². The molecule has 0 aliphatic rings. The molecule has 16 heavy (non-hydrogen) atoms. The molecular formula is C10H15N5S. The van der Waals surface area contributed by atoms with Gasteiger partial charge in [0.2, 0.25) is 11.9 Å². The van der Waals surface area contributed by atoms with Crippen molar-refractivity contribution in [2.75, 3.05) is 11.1 Å². The molecule has 0 amide bonds. The lowest BCUT2D eigenvalue weighted by Gasteiger charge is -2.11. The van der Waals surface area contributed by atoms with Gasteiger partial charge in [0.05, 0.1) is 6.04 Å². The predicted octanol–water partition coefficient (Wildman–Crippen LogP) is 2.24. The van der Waals surface area contributed by atoms with Crippen LogP contribution in [0.25, 0.3) is 0 Å². The van der Waals surface area contributed by atoms with Crippen LogP contribution in [0.3, 0.4) is 0 Å². The molecule has 1 atom stereocenters. The molecule has 0 aliphatic heterocycles. The molecule has 0 radical (unpaired) electrons. The Morgan fingerprint density at radius 3 is 2.75 bits per heavy atom. The van der Waals surface area contributed by atoms with Crippen LogP contribution >= 0.6 is 11.3 Å². The van der Waals surface area contributed by atoms with Crippen molar-refractivity contribution < 1.29 is 0 Å². The summed E-state index contributed by atoms with van der Waals surface area (Å²) in [7, 11) is 0. The van der Waals surface area contributed by atoms with E-state index in [0.29, 0.717) is 11.9 Å². The van der Waals surface area contributed by atoms with Gasteiger partial charge in [0.25, 0.3) is 0 Å². The minimum atomic E-state index is 0.181. The van der Waals surface area contributed by atoms with E-state index in [1.54, 1.807) is 11.3 Å². The Balaban J connectivity index is 2.14. The topological polar surface area (TPSA) is 79.6 Å². The van der Waals surface area contributed by atoms with Crippen molar-refractivity contribution in [3.05, 3.63) is 21.4 Å². The quantitative estimate of drug-likeness (QED) is 0.765. The van der Waals surface area contributed by atoms with Crippen molar-refractivity contribution in [1.29, 1.82) is 0 Å². The number of aryl methyl sites for hydroxylation is 2. The van der Waals surface area contributed by atoms with E-state index < -0.39 is 0 Å². The zero-order valence-electron chi connectivity index (χ0n) is 9.53. The maximum absolute atomic E-state index is 5.46. The smallest absolute Gasteiger partial charge is 0.244 e. The molecule has 0 spiro atoms. The molecule has 0 saturated carbocycles. The van der Waals surface area contributed by atoms with Gasteiger partial charge in [0.1, 0.15) is 0 Å². The highest BCUT2D eigenvalue weighted by molar-refractivity contribution is 7.12. The van der Waals surface area contributed by atoms with Crippen LogP contribution in [0.15, 0.2) is 6.07 Å². The lowest BCUT2D eigenvalue weighted by atomic mass is 10.1. The van der Waals surface area contributed by atoms with E-state index in [1.165, 1.54) is 15.3 Å². The number of nitrogens with one attached hydrogen (secondary N) is 2. The number of H-pyrrole nitrogens is 1. The molecule has 0 aromatic carbocycles. The number of anilines is 2. The summed E-state index contributed by atoms with van der Waals surface area (Å²) in [5, 5.41) is 9.76. The van der Waals surface area contributed by atoms with Gasteiger partial charge in [-0.25, -0.2) is 5.10 Å². The summed E-state index contributed by atoms with van der Waals surface area (Å²) >= 11 is 1.80. The average Bonchev–Trinajstić information content (AvgIpc) is 2.73. The molecule has 4 N–H and O–H groups in total. The third kappa shape index (κ3) is 2.16. The molecule has 6 heteroatoms. The second-order valence-corrected chi connectivity index (χ2v) is 5.24. The SMILES string of the molecule is Cc1cc(C(C)Nc2n[nH]c(N)n2)c(C)s1. The van der Waals surface area contributed by atoms with E-state index in [0.717, 1.165) is 0 Å². The van der Waals surface area contributed by atoms with Gasteiger partial charge < -0.3 is 11.1 Å². The van der Waals surface area contributed by atoms with E-state index in [1.807, 2.05) is 0 Å². The minimum absolute atomic E-state index is 0.181. The summed E-state index contributed by atoms with van der Waals surface area (Å²) in [6.45, 7) is 6.32. The lowest BCUT2D eigenvalue weighted by molar-refractivity contribution is 0.860. The van der Waals surface area contributed by atoms with Crippen molar-refractivity contribution in [3.8, 4) is 0 Å². The van der Waals surface area contributed by atoms with Crippen LogP contribution in [-0.2, 0) is 0 Å². The van der Waals surface area contributed by atoms with Gasteiger partial charge in [-0.3, -0.25) is 0 Å². The number of hydrogen-bond acceptors (Lipinski definition) is 5. The van der Waals surface area contributed by atoms with Crippen LogP contribution in [-0.4, -0.2) is 15.2 Å². The highest BCUT2D eigenvalue weighted by Gasteiger charge is 2.12. The van der Waals surface area contributed by atoms with Crippen molar-refractivity contribution in [2.24, 2.45) is 0 Å². The van der Waals surface area contributed by atoms with E-state index in [-0.39, 0.29) is 6.04 Å². The van der Waals surface area contributed by atoms with Gasteiger partial charge >= 0.3 is 0 Å². The van der Waals surface area contributed by atoms with Gasteiger partial charge in [-0.15, -0.1) is 16.4 Å². The first-order valence-electron chi connectivity index (χ1n) is 5.07. The Morgan fingerprint density at radius 1 is 1.50 bits per heavy atom. The Labute approximate surface area is 98.1 Å². The molecular weight excluding hydrogens is 222 g/mol. The van der Waals surface area contributed by atoms with Crippen molar-refractivity contribution in [3.63, 3.8) is 0 Å². The fraction of sp³-hybridized carbons (Fsp3) is 0.400. The summed E-state index contributed by atoms with van der Waals surface area (Å²) in [5.74, 6) is 0.862. The molecule has 86 valence electrons. The lowest BCUT2D eigenvalue weighted by Crippen LogP contribution is -2.08. The first-order chi connectivity index (χ1) is 7.56. The Morgan fingerprint density at radius 2 is 2.25 bits per heavy atom. The van der Waals surface area contributed by atoms with Gasteiger partial charge in [0, 0.05) is 9.75 Å². The summed E-state index contributed by atoms with van der Waals surface area (Å²) in [6.07, 6.45) is 0. The largest absolute Gasteiger partial charge is 0.368 e. The van der Waals surface area contributed by atoms with Gasteiger partial charge in [0.15, 0.2) is 0 Å². The molecule has 2 heterocycles. The number of nitrogens with two attached hydrogens (primary N) is 1.